The van der Waals surface area contributed by atoms with Crippen molar-refractivity contribution < 1.29 is 18.8 Å². The molecule has 3 aromatic heterocycles. The summed E-state index contributed by atoms with van der Waals surface area (Å²) in [5.74, 6) is 15.0. The van der Waals surface area contributed by atoms with Crippen molar-refractivity contribution in [1.29, 1.82) is 0 Å². The second-order valence-electron chi connectivity index (χ2n) is 10.1. The molecule has 11 nitrogen and oxygen atoms in total. The molecule has 3 heterocycles. The number of nitrogens with zero attached hydrogens (tertiary/aromatic N) is 5. The van der Waals surface area contributed by atoms with Crippen LogP contribution in [0.3, 0.4) is 0 Å². The van der Waals surface area contributed by atoms with Gasteiger partial charge in [-0.2, -0.15) is 4.98 Å². The number of pyridine rings is 1. The standard InChI is InChI=1S/C33H27N9O2/c1-41(34)22-10-16-26-28(18-22)38-32(36-26)20-6-12-24(13-7-20)43-30-4-3-5-31(40-30)44-25-14-8-21(9-15-25)33-37-27-17-11-23(42(2)35)19-29(27)39-33/h3-19H,1-2,34-35H2,(H,36,38)(H,37,39)/q+2. The van der Waals surface area contributed by atoms with Crippen LogP contribution < -0.4 is 21.2 Å². The van der Waals surface area contributed by atoms with Crippen LogP contribution in [0.4, 0.5) is 11.4 Å². The molecule has 0 spiro atoms. The van der Waals surface area contributed by atoms with E-state index in [1.807, 2.05) is 91.0 Å². The summed E-state index contributed by atoms with van der Waals surface area (Å²) < 4.78 is 14.6. The Morgan fingerprint density at radius 2 is 0.977 bits per heavy atom. The highest BCUT2D eigenvalue weighted by molar-refractivity contribution is 5.82. The minimum Gasteiger partial charge on any atom is -0.439 e. The molecule has 11 heteroatoms. The summed E-state index contributed by atoms with van der Waals surface area (Å²) >= 11 is 0. The molecule has 0 saturated carbocycles. The maximum absolute atomic E-state index is 6.00. The number of hydrazone groups is 2. The summed E-state index contributed by atoms with van der Waals surface area (Å²) in [5.41, 5.74) is 6.80. The number of hydrogen-bond acceptors (Lipinski definition) is 7. The van der Waals surface area contributed by atoms with Gasteiger partial charge in [-0.15, -0.1) is 0 Å². The third-order valence-corrected chi connectivity index (χ3v) is 6.99. The van der Waals surface area contributed by atoms with Crippen LogP contribution in [-0.4, -0.2) is 47.7 Å². The Bertz CT molecular complexity index is 2030. The molecule has 0 aliphatic rings. The summed E-state index contributed by atoms with van der Waals surface area (Å²) in [7, 11) is 0. The second-order valence-corrected chi connectivity index (χ2v) is 10.1. The SMILES string of the molecule is C=[N+](N)c1ccc2nc(-c3ccc(Oc4cccc(Oc5ccc(-c6nc7ccc([N+](=C)N)cc7[nH]6)cc5)n4)cc3)[nH]c2c1. The first-order chi connectivity index (χ1) is 21.4. The topological polar surface area (TPSA) is 147 Å². The molecular weight excluding hydrogens is 554 g/mol. The fraction of sp³-hybridized carbons (Fsp3) is 0. The highest BCUT2D eigenvalue weighted by atomic mass is 16.5. The van der Waals surface area contributed by atoms with Crippen LogP contribution >= 0.6 is 0 Å². The normalized spacial score (nSPS) is 11.1. The van der Waals surface area contributed by atoms with Crippen molar-refractivity contribution in [2.24, 2.45) is 11.7 Å². The van der Waals surface area contributed by atoms with E-state index < -0.39 is 0 Å². The van der Waals surface area contributed by atoms with Crippen molar-refractivity contribution in [1.82, 2.24) is 24.9 Å². The van der Waals surface area contributed by atoms with Gasteiger partial charge in [0.1, 0.15) is 23.1 Å². The summed E-state index contributed by atoms with van der Waals surface area (Å²) in [6, 6.07) is 31.9. The maximum atomic E-state index is 6.00. The largest absolute Gasteiger partial charge is 0.439 e. The highest BCUT2D eigenvalue weighted by Crippen LogP contribution is 2.30. The molecule has 214 valence electrons. The number of hydrogen-bond donors (Lipinski definition) is 4. The van der Waals surface area contributed by atoms with E-state index in [0.29, 0.717) is 23.3 Å². The van der Waals surface area contributed by atoms with Gasteiger partial charge in [0.2, 0.25) is 23.1 Å². The van der Waals surface area contributed by atoms with Crippen LogP contribution in [0, 0.1) is 0 Å². The Hall–Kier alpha value is -6.49. The molecule has 0 unspecified atom stereocenters. The van der Waals surface area contributed by atoms with E-state index in [1.165, 1.54) is 9.37 Å². The van der Waals surface area contributed by atoms with Crippen molar-refractivity contribution in [3.05, 3.63) is 103 Å². The lowest BCUT2D eigenvalue weighted by Gasteiger charge is -2.09. The summed E-state index contributed by atoms with van der Waals surface area (Å²) in [6.45, 7) is 7.44. The van der Waals surface area contributed by atoms with E-state index >= 15 is 0 Å². The van der Waals surface area contributed by atoms with Crippen LogP contribution in [0.2, 0.25) is 0 Å². The van der Waals surface area contributed by atoms with Gasteiger partial charge >= 0.3 is 0 Å². The number of rotatable bonds is 8. The Kier molecular flexibility index (Phi) is 6.44. The second kappa shape index (κ2) is 10.7. The molecule has 7 rings (SSSR count). The number of nitrogens with one attached hydrogen (secondary N) is 2. The number of imidazole rings is 2. The fourth-order valence-electron chi connectivity index (χ4n) is 4.74. The molecule has 0 atom stereocenters. The smallest absolute Gasteiger partial charge is 0.236 e. The Morgan fingerprint density at radius 3 is 1.39 bits per heavy atom. The molecule has 0 aliphatic heterocycles. The van der Waals surface area contributed by atoms with E-state index in [4.69, 9.17) is 21.2 Å². The van der Waals surface area contributed by atoms with Gasteiger partial charge in [0.05, 0.1) is 22.1 Å². The number of H-pyrrole nitrogens is 2. The average Bonchev–Trinajstić information content (AvgIpc) is 3.66. The van der Waals surface area contributed by atoms with Crippen LogP contribution in [0.5, 0.6) is 23.3 Å². The summed E-state index contributed by atoms with van der Waals surface area (Å²) in [6.07, 6.45) is 0. The van der Waals surface area contributed by atoms with Crippen LogP contribution in [0.1, 0.15) is 0 Å². The highest BCUT2D eigenvalue weighted by Gasteiger charge is 2.12. The zero-order valence-electron chi connectivity index (χ0n) is 23.4. The first-order valence-electron chi connectivity index (χ1n) is 13.6. The molecule has 0 amide bonds. The number of hydrazine groups is 2. The van der Waals surface area contributed by atoms with E-state index in [1.54, 1.807) is 12.1 Å². The van der Waals surface area contributed by atoms with Gasteiger partial charge in [-0.25, -0.2) is 21.7 Å². The first kappa shape index (κ1) is 26.4. The lowest BCUT2D eigenvalue weighted by atomic mass is 10.2. The third kappa shape index (κ3) is 5.28. The zero-order valence-corrected chi connectivity index (χ0v) is 23.4. The van der Waals surface area contributed by atoms with Gasteiger partial charge in [0, 0.05) is 47.5 Å². The number of benzene rings is 4. The zero-order chi connectivity index (χ0) is 30.2. The van der Waals surface area contributed by atoms with Crippen molar-refractivity contribution in [2.45, 2.75) is 0 Å². The predicted molar refractivity (Wildman–Crippen MR) is 170 cm³/mol. The molecule has 0 saturated heterocycles. The molecule has 4 aromatic carbocycles. The maximum Gasteiger partial charge on any atom is 0.236 e. The van der Waals surface area contributed by atoms with Crippen molar-refractivity contribution in [3.8, 4) is 46.0 Å². The molecular formula is C33H27N9O2+2. The van der Waals surface area contributed by atoms with Crippen LogP contribution in [-0.2, 0) is 0 Å². The Labute approximate surface area is 251 Å². The number of aromatic amines is 2. The Balaban J connectivity index is 1.02. The molecule has 0 fully saturated rings. The minimum absolute atomic E-state index is 0.405. The first-order valence-corrected chi connectivity index (χ1v) is 13.6. The van der Waals surface area contributed by atoms with Gasteiger partial charge in [-0.1, -0.05) is 15.4 Å². The van der Waals surface area contributed by atoms with Crippen LogP contribution in [0.25, 0.3) is 44.8 Å². The molecule has 7 aromatic rings. The van der Waals surface area contributed by atoms with Gasteiger partial charge in [-0.3, -0.25) is 0 Å². The van der Waals surface area contributed by atoms with E-state index in [2.05, 4.69) is 38.4 Å². The average molecular weight is 582 g/mol. The van der Waals surface area contributed by atoms with E-state index in [9.17, 15) is 0 Å². The van der Waals surface area contributed by atoms with Crippen molar-refractivity contribution in [3.63, 3.8) is 0 Å². The van der Waals surface area contributed by atoms with Crippen LogP contribution in [0.15, 0.2) is 103 Å². The number of fused-ring (bicyclic) bond motifs is 2. The van der Waals surface area contributed by atoms with Gasteiger partial charge in [-0.05, 0) is 60.7 Å². The fourth-order valence-corrected chi connectivity index (χ4v) is 4.74. The third-order valence-electron chi connectivity index (χ3n) is 6.99. The summed E-state index contributed by atoms with van der Waals surface area (Å²) in [4.78, 5) is 20.5. The number of aromatic nitrogens is 5. The van der Waals surface area contributed by atoms with Gasteiger partial charge < -0.3 is 19.4 Å². The molecule has 44 heavy (non-hydrogen) atoms. The lowest BCUT2D eigenvalue weighted by molar-refractivity contribution is -0.442. The summed E-state index contributed by atoms with van der Waals surface area (Å²) in [5, 5.41) is 0. The quantitative estimate of drug-likeness (QED) is 0.0724. The monoisotopic (exact) mass is 581 g/mol. The molecule has 6 N–H and O–H groups in total. The van der Waals surface area contributed by atoms with Crippen molar-refractivity contribution in [2.75, 3.05) is 0 Å². The van der Waals surface area contributed by atoms with E-state index in [0.717, 1.165) is 56.2 Å². The Morgan fingerprint density at radius 1 is 0.545 bits per heavy atom. The number of nitrogens with two attached hydrogens (primary N) is 2. The molecule has 0 bridgehead atoms. The van der Waals surface area contributed by atoms with Gasteiger partial charge in [0.25, 0.3) is 0 Å². The van der Waals surface area contributed by atoms with Crippen molar-refractivity contribution >= 4 is 46.9 Å². The molecule has 0 radical (unpaired) electrons. The lowest BCUT2D eigenvalue weighted by Crippen LogP contribution is -2.09. The van der Waals surface area contributed by atoms with E-state index in [-0.39, 0.29) is 0 Å². The number of ether oxygens (including phenoxy) is 2. The minimum atomic E-state index is 0.405. The predicted octanol–water partition coefficient (Wildman–Crippen LogP) is 6.19. The molecule has 0 aliphatic carbocycles. The van der Waals surface area contributed by atoms with Gasteiger partial charge in [0.15, 0.2) is 13.4 Å².